The van der Waals surface area contributed by atoms with E-state index >= 15 is 0 Å². The molecular formula is C14H15BrN2OS. The molecule has 0 aliphatic heterocycles. The first-order valence-corrected chi connectivity index (χ1v) is 7.77. The molecule has 3 nitrogen and oxygen atoms in total. The maximum atomic E-state index is 11.6. The van der Waals surface area contributed by atoms with Gasteiger partial charge in [0.15, 0.2) is 0 Å². The van der Waals surface area contributed by atoms with Crippen molar-refractivity contribution in [1.82, 2.24) is 4.57 Å². The Morgan fingerprint density at radius 2 is 1.89 bits per heavy atom. The standard InChI is InChI=1S/C14H15BrN2OS/c15-11-2-5-13(6-3-11)19-9-1-8-17-10-12(16)4-7-14(17)18/h2-7,10H,1,8-9,16H2. The van der Waals surface area contributed by atoms with Crippen LogP contribution in [0.25, 0.3) is 0 Å². The Morgan fingerprint density at radius 3 is 2.63 bits per heavy atom. The SMILES string of the molecule is Nc1ccc(=O)n(CCCSc2ccc(Br)cc2)c1. The maximum Gasteiger partial charge on any atom is 0.250 e. The lowest BCUT2D eigenvalue weighted by Crippen LogP contribution is -2.19. The molecular weight excluding hydrogens is 324 g/mol. The minimum absolute atomic E-state index is 0.00263. The maximum absolute atomic E-state index is 11.6. The molecule has 0 bridgehead atoms. The van der Waals surface area contributed by atoms with Gasteiger partial charge < -0.3 is 10.3 Å². The minimum atomic E-state index is 0.00263. The van der Waals surface area contributed by atoms with Crippen molar-refractivity contribution in [1.29, 1.82) is 0 Å². The quantitative estimate of drug-likeness (QED) is 0.671. The summed E-state index contributed by atoms with van der Waals surface area (Å²) in [6.45, 7) is 0.702. The zero-order chi connectivity index (χ0) is 13.7. The Balaban J connectivity index is 1.82. The van der Waals surface area contributed by atoms with Crippen LogP contribution in [-0.4, -0.2) is 10.3 Å². The summed E-state index contributed by atoms with van der Waals surface area (Å²) in [5, 5.41) is 0. The fourth-order valence-corrected chi connectivity index (χ4v) is 2.78. The number of benzene rings is 1. The number of aryl methyl sites for hydroxylation is 1. The molecule has 0 aliphatic rings. The van der Waals surface area contributed by atoms with Crippen molar-refractivity contribution >= 4 is 33.4 Å². The van der Waals surface area contributed by atoms with E-state index in [9.17, 15) is 4.79 Å². The van der Waals surface area contributed by atoms with Crippen LogP contribution in [0.2, 0.25) is 0 Å². The number of aromatic nitrogens is 1. The Labute approximate surface area is 125 Å². The number of nitrogen functional groups attached to an aromatic ring is 1. The number of nitrogens with zero attached hydrogens (tertiary/aromatic N) is 1. The van der Waals surface area contributed by atoms with E-state index in [1.807, 2.05) is 12.1 Å². The van der Waals surface area contributed by atoms with Gasteiger partial charge in [0, 0.05) is 33.9 Å². The van der Waals surface area contributed by atoms with Crippen LogP contribution in [0.5, 0.6) is 0 Å². The number of pyridine rings is 1. The predicted molar refractivity (Wildman–Crippen MR) is 84.6 cm³/mol. The van der Waals surface area contributed by atoms with Crippen LogP contribution < -0.4 is 11.3 Å². The van der Waals surface area contributed by atoms with Gasteiger partial charge in [-0.25, -0.2) is 0 Å². The van der Waals surface area contributed by atoms with Crippen molar-refractivity contribution in [3.8, 4) is 0 Å². The first-order valence-electron chi connectivity index (χ1n) is 5.99. The Hall–Kier alpha value is -1.20. The molecule has 1 heterocycles. The third-order valence-electron chi connectivity index (χ3n) is 2.63. The normalized spacial score (nSPS) is 10.6. The first-order chi connectivity index (χ1) is 9.15. The lowest BCUT2D eigenvalue weighted by molar-refractivity contribution is 0.660. The third-order valence-corrected chi connectivity index (χ3v) is 4.26. The summed E-state index contributed by atoms with van der Waals surface area (Å²) in [6, 6.07) is 11.4. The van der Waals surface area contributed by atoms with Crippen molar-refractivity contribution in [2.24, 2.45) is 0 Å². The van der Waals surface area contributed by atoms with Crippen molar-refractivity contribution in [3.05, 3.63) is 57.4 Å². The molecule has 0 amide bonds. The van der Waals surface area contributed by atoms with Gasteiger partial charge in [0.2, 0.25) is 0 Å². The molecule has 0 unspecified atom stereocenters. The highest BCUT2D eigenvalue weighted by atomic mass is 79.9. The van der Waals surface area contributed by atoms with Gasteiger partial charge in [-0.1, -0.05) is 15.9 Å². The summed E-state index contributed by atoms with van der Waals surface area (Å²) in [6.07, 6.45) is 2.64. The second-order valence-corrected chi connectivity index (χ2v) is 6.23. The third kappa shape index (κ3) is 4.44. The number of thioether (sulfide) groups is 1. The number of nitrogens with two attached hydrogens (primary N) is 1. The molecule has 19 heavy (non-hydrogen) atoms. The summed E-state index contributed by atoms with van der Waals surface area (Å²) >= 11 is 5.20. The van der Waals surface area contributed by atoms with E-state index in [1.54, 1.807) is 28.6 Å². The fraction of sp³-hybridized carbons (Fsp3) is 0.214. The molecule has 0 saturated carbocycles. The van der Waals surface area contributed by atoms with E-state index in [2.05, 4.69) is 28.1 Å². The highest BCUT2D eigenvalue weighted by Gasteiger charge is 1.98. The topological polar surface area (TPSA) is 48.0 Å². The van der Waals surface area contributed by atoms with Crippen molar-refractivity contribution in [2.75, 3.05) is 11.5 Å². The smallest absolute Gasteiger partial charge is 0.250 e. The minimum Gasteiger partial charge on any atom is -0.398 e. The van der Waals surface area contributed by atoms with Crippen LogP contribution in [0.3, 0.4) is 0 Å². The van der Waals surface area contributed by atoms with Crippen LogP contribution in [-0.2, 0) is 6.54 Å². The van der Waals surface area contributed by atoms with Crippen LogP contribution in [0.4, 0.5) is 5.69 Å². The molecule has 2 aromatic rings. The molecule has 0 radical (unpaired) electrons. The lowest BCUT2D eigenvalue weighted by Gasteiger charge is -2.06. The van der Waals surface area contributed by atoms with Crippen molar-refractivity contribution in [3.63, 3.8) is 0 Å². The summed E-state index contributed by atoms with van der Waals surface area (Å²) in [7, 11) is 0. The fourth-order valence-electron chi connectivity index (χ4n) is 1.68. The zero-order valence-corrected chi connectivity index (χ0v) is 12.8. The van der Waals surface area contributed by atoms with E-state index in [0.29, 0.717) is 12.2 Å². The van der Waals surface area contributed by atoms with Gasteiger partial charge in [0.1, 0.15) is 0 Å². The van der Waals surface area contributed by atoms with E-state index in [-0.39, 0.29) is 5.56 Å². The van der Waals surface area contributed by atoms with Gasteiger partial charge in [-0.3, -0.25) is 4.79 Å². The van der Waals surface area contributed by atoms with Gasteiger partial charge in [0.05, 0.1) is 0 Å². The first kappa shape index (κ1) is 14.2. The molecule has 0 atom stereocenters. The highest BCUT2D eigenvalue weighted by Crippen LogP contribution is 2.21. The highest BCUT2D eigenvalue weighted by molar-refractivity contribution is 9.10. The summed E-state index contributed by atoms with van der Waals surface area (Å²) in [5.74, 6) is 0.975. The molecule has 0 aliphatic carbocycles. The second kappa shape index (κ2) is 6.82. The molecule has 2 rings (SSSR count). The van der Waals surface area contributed by atoms with Gasteiger partial charge in [0.25, 0.3) is 5.56 Å². The Bertz CT molecular complexity index is 595. The molecule has 0 fully saturated rings. The number of hydrogen-bond donors (Lipinski definition) is 1. The molecule has 5 heteroatoms. The van der Waals surface area contributed by atoms with Gasteiger partial charge in [-0.15, -0.1) is 11.8 Å². The number of rotatable bonds is 5. The molecule has 2 N–H and O–H groups in total. The van der Waals surface area contributed by atoms with E-state index in [4.69, 9.17) is 5.73 Å². The summed E-state index contributed by atoms with van der Waals surface area (Å²) < 4.78 is 2.75. The monoisotopic (exact) mass is 338 g/mol. The number of hydrogen-bond acceptors (Lipinski definition) is 3. The van der Waals surface area contributed by atoms with Crippen molar-refractivity contribution < 1.29 is 0 Å². The van der Waals surface area contributed by atoms with Gasteiger partial charge in [-0.05, 0) is 42.5 Å². The van der Waals surface area contributed by atoms with E-state index in [1.165, 1.54) is 11.0 Å². The number of anilines is 1. The van der Waals surface area contributed by atoms with Crippen LogP contribution >= 0.6 is 27.7 Å². The second-order valence-electron chi connectivity index (χ2n) is 4.15. The molecule has 1 aromatic carbocycles. The lowest BCUT2D eigenvalue weighted by atomic mass is 10.4. The molecule has 100 valence electrons. The van der Waals surface area contributed by atoms with E-state index < -0.39 is 0 Å². The molecule has 0 spiro atoms. The molecule has 1 aromatic heterocycles. The average Bonchev–Trinajstić information content (AvgIpc) is 2.40. The van der Waals surface area contributed by atoms with Gasteiger partial charge >= 0.3 is 0 Å². The summed E-state index contributed by atoms with van der Waals surface area (Å²) in [4.78, 5) is 12.8. The Kier molecular flexibility index (Phi) is 5.10. The van der Waals surface area contributed by atoms with Crippen LogP contribution in [0.1, 0.15) is 6.42 Å². The largest absolute Gasteiger partial charge is 0.398 e. The van der Waals surface area contributed by atoms with Gasteiger partial charge in [-0.2, -0.15) is 0 Å². The van der Waals surface area contributed by atoms with E-state index in [0.717, 1.165) is 16.6 Å². The molecule has 0 saturated heterocycles. The number of halogens is 1. The zero-order valence-electron chi connectivity index (χ0n) is 10.4. The van der Waals surface area contributed by atoms with Crippen LogP contribution in [0.15, 0.2) is 56.8 Å². The van der Waals surface area contributed by atoms with Crippen molar-refractivity contribution in [2.45, 2.75) is 17.9 Å². The predicted octanol–water partition coefficient (Wildman–Crippen LogP) is 3.38. The Morgan fingerprint density at radius 1 is 1.16 bits per heavy atom. The average molecular weight is 339 g/mol. The van der Waals surface area contributed by atoms with Crippen LogP contribution in [0, 0.1) is 0 Å². The summed E-state index contributed by atoms with van der Waals surface area (Å²) in [5.41, 5.74) is 6.30.